The lowest BCUT2D eigenvalue weighted by atomic mass is 9.78. The second kappa shape index (κ2) is 5.62. The van der Waals surface area contributed by atoms with Crippen LogP contribution >= 0.6 is 0 Å². The number of hydrogen-bond acceptors (Lipinski definition) is 3. The predicted molar refractivity (Wildman–Crippen MR) is 82.5 cm³/mol. The van der Waals surface area contributed by atoms with Crippen molar-refractivity contribution >= 4 is 12.6 Å². The minimum atomic E-state index is -0.621. The van der Waals surface area contributed by atoms with Gasteiger partial charge >= 0.3 is 7.12 Å². The molecule has 0 amide bonds. The van der Waals surface area contributed by atoms with Gasteiger partial charge in [-0.05, 0) is 59.2 Å². The SMILES string of the molecule is CCC(C)Oc1ccc(F)cc1B1OC(C)(C)C(C)(C)O1. The first-order valence-electron chi connectivity index (χ1n) is 7.48. The zero-order chi connectivity index (χ0) is 15.8. The first kappa shape index (κ1) is 16.3. The van der Waals surface area contributed by atoms with Gasteiger partial charge < -0.3 is 14.0 Å². The third-order valence-corrected chi connectivity index (χ3v) is 4.38. The number of rotatable bonds is 4. The van der Waals surface area contributed by atoms with Crippen LogP contribution in [0.25, 0.3) is 0 Å². The Kier molecular flexibility index (Phi) is 4.36. The van der Waals surface area contributed by atoms with Crippen molar-refractivity contribution in [3.8, 4) is 5.75 Å². The van der Waals surface area contributed by atoms with Gasteiger partial charge in [0.1, 0.15) is 11.6 Å². The summed E-state index contributed by atoms with van der Waals surface area (Å²) < 4.78 is 31.5. The molecule has 0 radical (unpaired) electrons. The van der Waals surface area contributed by atoms with E-state index in [4.69, 9.17) is 14.0 Å². The molecule has 1 aromatic rings. The highest BCUT2D eigenvalue weighted by molar-refractivity contribution is 6.63. The van der Waals surface area contributed by atoms with Gasteiger partial charge in [-0.15, -0.1) is 0 Å². The monoisotopic (exact) mass is 294 g/mol. The Morgan fingerprint density at radius 1 is 1.19 bits per heavy atom. The average molecular weight is 294 g/mol. The Morgan fingerprint density at radius 3 is 2.29 bits per heavy atom. The molecule has 116 valence electrons. The van der Waals surface area contributed by atoms with Crippen molar-refractivity contribution in [3.05, 3.63) is 24.0 Å². The molecule has 3 nitrogen and oxygen atoms in total. The van der Waals surface area contributed by atoms with Crippen LogP contribution < -0.4 is 10.2 Å². The molecule has 0 saturated carbocycles. The van der Waals surface area contributed by atoms with E-state index in [1.807, 2.05) is 41.5 Å². The number of halogens is 1. The largest absolute Gasteiger partial charge is 0.498 e. The van der Waals surface area contributed by atoms with E-state index in [1.54, 1.807) is 6.07 Å². The molecule has 1 aromatic carbocycles. The van der Waals surface area contributed by atoms with E-state index >= 15 is 0 Å². The molecule has 1 unspecified atom stereocenters. The van der Waals surface area contributed by atoms with E-state index in [9.17, 15) is 4.39 Å². The Hall–Kier alpha value is -1.07. The maximum absolute atomic E-state index is 13.6. The number of benzene rings is 1. The molecule has 1 saturated heterocycles. The fourth-order valence-electron chi connectivity index (χ4n) is 2.08. The number of hydrogen-bond donors (Lipinski definition) is 0. The molecule has 5 heteroatoms. The summed E-state index contributed by atoms with van der Waals surface area (Å²) in [6.45, 7) is 11.9. The third kappa shape index (κ3) is 3.24. The fraction of sp³-hybridized carbons (Fsp3) is 0.625. The standard InChI is InChI=1S/C16H24BFO3/c1-7-11(2)19-14-9-8-12(18)10-13(14)17-20-15(3,4)16(5,6)21-17/h8-11H,7H2,1-6H3. The summed E-state index contributed by atoms with van der Waals surface area (Å²) in [7, 11) is -0.621. The van der Waals surface area contributed by atoms with Crippen molar-refractivity contribution in [1.29, 1.82) is 0 Å². The van der Waals surface area contributed by atoms with Crippen molar-refractivity contribution in [3.63, 3.8) is 0 Å². The summed E-state index contributed by atoms with van der Waals surface area (Å²) in [5, 5.41) is 0. The van der Waals surface area contributed by atoms with Gasteiger partial charge in [0.25, 0.3) is 0 Å². The van der Waals surface area contributed by atoms with Gasteiger partial charge in [-0.2, -0.15) is 0 Å². The quantitative estimate of drug-likeness (QED) is 0.797. The van der Waals surface area contributed by atoms with Crippen LogP contribution in [0.2, 0.25) is 0 Å². The lowest BCUT2D eigenvalue weighted by Crippen LogP contribution is -2.41. The van der Waals surface area contributed by atoms with Crippen molar-refractivity contribution in [2.45, 2.75) is 65.3 Å². The van der Waals surface area contributed by atoms with E-state index in [1.165, 1.54) is 12.1 Å². The van der Waals surface area contributed by atoms with Crippen molar-refractivity contribution < 1.29 is 18.4 Å². The molecule has 1 heterocycles. The van der Waals surface area contributed by atoms with Crippen LogP contribution in [-0.4, -0.2) is 24.4 Å². The third-order valence-electron chi connectivity index (χ3n) is 4.38. The smallest absolute Gasteiger partial charge is 0.491 e. The maximum atomic E-state index is 13.6. The van der Waals surface area contributed by atoms with Gasteiger partial charge in [-0.25, -0.2) is 4.39 Å². The molecule has 1 fully saturated rings. The molecule has 0 aromatic heterocycles. The van der Waals surface area contributed by atoms with E-state index < -0.39 is 18.3 Å². The van der Waals surface area contributed by atoms with Gasteiger partial charge in [-0.1, -0.05) is 6.92 Å². The zero-order valence-electron chi connectivity index (χ0n) is 13.7. The van der Waals surface area contributed by atoms with Gasteiger partial charge in [0, 0.05) is 5.46 Å². The molecule has 0 aliphatic carbocycles. The van der Waals surface area contributed by atoms with Crippen LogP contribution in [0.1, 0.15) is 48.0 Å². The molecule has 1 atom stereocenters. The maximum Gasteiger partial charge on any atom is 0.498 e. The van der Waals surface area contributed by atoms with Crippen LogP contribution in [0.15, 0.2) is 18.2 Å². The minimum absolute atomic E-state index is 0.0524. The van der Waals surface area contributed by atoms with Crippen LogP contribution in [0, 0.1) is 5.82 Å². The van der Waals surface area contributed by atoms with Crippen molar-refractivity contribution in [2.75, 3.05) is 0 Å². The fourth-order valence-corrected chi connectivity index (χ4v) is 2.08. The first-order valence-corrected chi connectivity index (χ1v) is 7.48. The van der Waals surface area contributed by atoms with E-state index in [2.05, 4.69) is 0 Å². The Labute approximate surface area is 126 Å². The summed E-state index contributed by atoms with van der Waals surface area (Å²) >= 11 is 0. The average Bonchev–Trinajstić information content (AvgIpc) is 2.60. The molecule has 2 rings (SSSR count). The van der Waals surface area contributed by atoms with Gasteiger partial charge in [-0.3, -0.25) is 0 Å². The van der Waals surface area contributed by atoms with Gasteiger partial charge in [0.05, 0.1) is 17.3 Å². The molecule has 1 aliphatic heterocycles. The second-order valence-electron chi connectivity index (χ2n) is 6.61. The van der Waals surface area contributed by atoms with Crippen LogP contribution in [0.5, 0.6) is 5.75 Å². The summed E-state index contributed by atoms with van der Waals surface area (Å²) in [5.41, 5.74) is -0.316. The molecule has 0 bridgehead atoms. The van der Waals surface area contributed by atoms with Crippen LogP contribution in [0.3, 0.4) is 0 Å². The van der Waals surface area contributed by atoms with Crippen molar-refractivity contribution in [1.82, 2.24) is 0 Å². The highest BCUT2D eigenvalue weighted by Crippen LogP contribution is 2.37. The molecular formula is C16H24BFO3. The summed E-state index contributed by atoms with van der Waals surface area (Å²) in [6, 6.07) is 4.47. The first-order chi connectivity index (χ1) is 9.66. The Balaban J connectivity index is 2.33. The second-order valence-corrected chi connectivity index (χ2v) is 6.61. The summed E-state index contributed by atoms with van der Waals surface area (Å²) in [6.07, 6.45) is 0.928. The summed E-state index contributed by atoms with van der Waals surface area (Å²) in [4.78, 5) is 0. The molecule has 1 aliphatic rings. The van der Waals surface area contributed by atoms with Crippen LogP contribution in [0.4, 0.5) is 4.39 Å². The molecule has 0 spiro atoms. The van der Waals surface area contributed by atoms with Gasteiger partial charge in [0.15, 0.2) is 0 Å². The molecular weight excluding hydrogens is 270 g/mol. The normalized spacial score (nSPS) is 21.4. The predicted octanol–water partition coefficient (Wildman–Crippen LogP) is 3.30. The molecule has 0 N–H and O–H groups in total. The van der Waals surface area contributed by atoms with Crippen molar-refractivity contribution in [2.24, 2.45) is 0 Å². The minimum Gasteiger partial charge on any atom is -0.491 e. The lowest BCUT2D eigenvalue weighted by molar-refractivity contribution is 0.00578. The zero-order valence-corrected chi connectivity index (χ0v) is 13.7. The van der Waals surface area contributed by atoms with Crippen LogP contribution in [-0.2, 0) is 9.31 Å². The van der Waals surface area contributed by atoms with E-state index in [0.29, 0.717) is 11.2 Å². The topological polar surface area (TPSA) is 27.7 Å². The highest BCUT2D eigenvalue weighted by Gasteiger charge is 2.52. The lowest BCUT2D eigenvalue weighted by Gasteiger charge is -2.32. The Bertz CT molecular complexity index is 500. The van der Waals surface area contributed by atoms with E-state index in [-0.39, 0.29) is 11.9 Å². The van der Waals surface area contributed by atoms with Gasteiger partial charge in [0.2, 0.25) is 0 Å². The summed E-state index contributed by atoms with van der Waals surface area (Å²) in [5.74, 6) is 0.292. The van der Waals surface area contributed by atoms with E-state index in [0.717, 1.165) is 6.42 Å². The molecule has 21 heavy (non-hydrogen) atoms. The highest BCUT2D eigenvalue weighted by atomic mass is 19.1. The Morgan fingerprint density at radius 2 is 1.76 bits per heavy atom. The number of ether oxygens (including phenoxy) is 1.